The van der Waals surface area contributed by atoms with Crippen molar-refractivity contribution >= 4 is 33.0 Å². The third-order valence-electron chi connectivity index (χ3n) is 9.15. The first kappa shape index (κ1) is 18.4. The topological polar surface area (TPSA) is 31.0 Å². The van der Waals surface area contributed by atoms with E-state index in [4.69, 9.17) is 9.40 Å². The molecule has 5 aromatic rings. The van der Waals surface area contributed by atoms with Gasteiger partial charge in [0.05, 0.1) is 11.0 Å². The zero-order valence-corrected chi connectivity index (χ0v) is 19.0. The molecule has 164 valence electrons. The van der Waals surface area contributed by atoms with Gasteiger partial charge in [-0.05, 0) is 97.2 Å². The monoisotopic (exact) mass is 432 g/mol. The maximum atomic E-state index is 6.14. The van der Waals surface area contributed by atoms with Crippen molar-refractivity contribution in [2.24, 2.45) is 30.7 Å². The SMILES string of the molecule is Cn1c(C2C3CC4CC(C3)CC2C4)nc2cc(-c3ccc4c(c3)oc3ccccc34)ccc21. The van der Waals surface area contributed by atoms with Gasteiger partial charge in [0.25, 0.3) is 0 Å². The quantitative estimate of drug-likeness (QED) is 0.286. The van der Waals surface area contributed by atoms with E-state index >= 15 is 0 Å². The fraction of sp³-hybridized carbons (Fsp3) is 0.367. The molecule has 0 saturated heterocycles. The number of nitrogens with zero attached hydrogens (tertiary/aromatic N) is 2. The highest BCUT2D eigenvalue weighted by Gasteiger charge is 2.49. The van der Waals surface area contributed by atoms with Crippen LogP contribution in [0.3, 0.4) is 0 Å². The second-order valence-corrected chi connectivity index (χ2v) is 11.0. The van der Waals surface area contributed by atoms with Crippen LogP contribution < -0.4 is 0 Å². The van der Waals surface area contributed by atoms with Crippen LogP contribution in [-0.2, 0) is 7.05 Å². The van der Waals surface area contributed by atoms with Crippen LogP contribution in [0.15, 0.2) is 65.1 Å². The van der Waals surface area contributed by atoms with Crippen LogP contribution in [0.25, 0.3) is 44.1 Å². The highest BCUT2D eigenvalue weighted by Crippen LogP contribution is 2.59. The van der Waals surface area contributed by atoms with E-state index in [1.807, 2.05) is 12.1 Å². The molecule has 4 saturated carbocycles. The van der Waals surface area contributed by atoms with Gasteiger partial charge in [0.2, 0.25) is 0 Å². The van der Waals surface area contributed by atoms with Crippen molar-refractivity contribution in [3.8, 4) is 11.1 Å². The van der Waals surface area contributed by atoms with E-state index in [0.717, 1.165) is 40.4 Å². The molecule has 3 aromatic carbocycles. The summed E-state index contributed by atoms with van der Waals surface area (Å²) in [6.07, 6.45) is 7.24. The lowest BCUT2D eigenvalue weighted by Gasteiger charge is -2.54. The maximum absolute atomic E-state index is 6.14. The Labute approximate surface area is 193 Å². The fourth-order valence-corrected chi connectivity index (χ4v) is 7.95. The predicted molar refractivity (Wildman–Crippen MR) is 133 cm³/mol. The van der Waals surface area contributed by atoms with Crippen LogP contribution >= 0.6 is 0 Å². The summed E-state index contributed by atoms with van der Waals surface area (Å²) < 4.78 is 8.54. The first-order valence-corrected chi connectivity index (χ1v) is 12.6. The standard InChI is InChI=1S/C30H28N2O/c1-32-26-9-7-19(20-6-8-24-23-4-2-3-5-27(23)33-28(24)16-20)15-25(26)31-30(32)29-21-11-17-10-18(13-21)14-22(29)12-17/h2-9,15-18,21-22,29H,10-14H2,1H3. The second kappa shape index (κ2) is 6.50. The van der Waals surface area contributed by atoms with Crippen molar-refractivity contribution in [2.75, 3.05) is 0 Å². The molecule has 3 nitrogen and oxygen atoms in total. The van der Waals surface area contributed by atoms with Crippen LogP contribution in [-0.4, -0.2) is 9.55 Å². The molecule has 9 rings (SSSR count). The third-order valence-corrected chi connectivity index (χ3v) is 9.15. The van der Waals surface area contributed by atoms with Crippen molar-refractivity contribution in [3.63, 3.8) is 0 Å². The Balaban J connectivity index is 1.21. The van der Waals surface area contributed by atoms with Crippen LogP contribution in [0, 0.1) is 23.7 Å². The Morgan fingerprint density at radius 2 is 1.45 bits per heavy atom. The summed E-state index contributed by atoms with van der Waals surface area (Å²) in [4.78, 5) is 5.28. The molecule has 33 heavy (non-hydrogen) atoms. The van der Waals surface area contributed by atoms with Crippen LogP contribution in [0.2, 0.25) is 0 Å². The number of aryl methyl sites for hydroxylation is 1. The lowest BCUT2D eigenvalue weighted by Crippen LogP contribution is -2.44. The van der Waals surface area contributed by atoms with Gasteiger partial charge in [-0.1, -0.05) is 30.3 Å². The minimum atomic E-state index is 0.658. The van der Waals surface area contributed by atoms with Crippen molar-refractivity contribution in [3.05, 3.63) is 66.5 Å². The minimum Gasteiger partial charge on any atom is -0.456 e. The lowest BCUT2D eigenvalue weighted by atomic mass is 9.51. The molecule has 0 N–H and O–H groups in total. The van der Waals surface area contributed by atoms with Crippen molar-refractivity contribution < 1.29 is 4.42 Å². The van der Waals surface area contributed by atoms with E-state index in [1.54, 1.807) is 0 Å². The van der Waals surface area contributed by atoms with Gasteiger partial charge in [-0.2, -0.15) is 0 Å². The molecular weight excluding hydrogens is 404 g/mol. The number of imidazole rings is 1. The smallest absolute Gasteiger partial charge is 0.136 e. The van der Waals surface area contributed by atoms with Gasteiger partial charge in [-0.15, -0.1) is 0 Å². The molecular formula is C30H28N2O. The Morgan fingerprint density at radius 3 is 2.27 bits per heavy atom. The van der Waals surface area contributed by atoms with Crippen molar-refractivity contribution in [1.82, 2.24) is 9.55 Å². The van der Waals surface area contributed by atoms with Gasteiger partial charge in [-0.3, -0.25) is 0 Å². The molecule has 0 unspecified atom stereocenters. The van der Waals surface area contributed by atoms with Crippen LogP contribution in [0.4, 0.5) is 0 Å². The number of benzene rings is 3. The first-order chi connectivity index (χ1) is 16.2. The molecule has 2 heterocycles. The molecule has 4 aliphatic carbocycles. The number of hydrogen-bond acceptors (Lipinski definition) is 2. The summed E-state index contributed by atoms with van der Waals surface area (Å²) in [6.45, 7) is 0. The van der Waals surface area contributed by atoms with Gasteiger partial charge in [0.15, 0.2) is 0 Å². The largest absolute Gasteiger partial charge is 0.456 e. The van der Waals surface area contributed by atoms with Gasteiger partial charge in [0.1, 0.15) is 17.0 Å². The summed E-state index contributed by atoms with van der Waals surface area (Å²) >= 11 is 0. The molecule has 3 heteroatoms. The maximum Gasteiger partial charge on any atom is 0.136 e. The molecule has 4 aliphatic rings. The van der Waals surface area contributed by atoms with Gasteiger partial charge in [0, 0.05) is 23.7 Å². The van der Waals surface area contributed by atoms with Crippen molar-refractivity contribution in [2.45, 2.75) is 38.0 Å². The normalized spacial score (nSPS) is 28.5. The molecule has 2 aromatic heterocycles. The Hall–Kier alpha value is -3.07. The average Bonchev–Trinajstić information content (AvgIpc) is 3.35. The van der Waals surface area contributed by atoms with E-state index in [2.05, 4.69) is 60.1 Å². The molecule has 0 radical (unpaired) electrons. The van der Waals surface area contributed by atoms with Crippen LogP contribution in [0.5, 0.6) is 0 Å². The number of hydrogen-bond donors (Lipinski definition) is 0. The van der Waals surface area contributed by atoms with E-state index in [0.29, 0.717) is 5.92 Å². The fourth-order valence-electron chi connectivity index (χ4n) is 7.95. The Morgan fingerprint density at radius 1 is 0.758 bits per heavy atom. The van der Waals surface area contributed by atoms with E-state index in [-0.39, 0.29) is 0 Å². The Bertz CT molecular complexity index is 1530. The molecule has 0 amide bonds. The number of fused-ring (bicyclic) bond motifs is 4. The number of rotatable bonds is 2. The summed E-state index contributed by atoms with van der Waals surface area (Å²) in [5.41, 5.74) is 6.68. The summed E-state index contributed by atoms with van der Waals surface area (Å²) in [6, 6.07) is 21.6. The summed E-state index contributed by atoms with van der Waals surface area (Å²) in [5, 5.41) is 2.36. The molecule has 0 aliphatic heterocycles. The number of para-hydroxylation sites is 1. The average molecular weight is 433 g/mol. The van der Waals surface area contributed by atoms with E-state index in [1.165, 1.54) is 65.3 Å². The second-order valence-electron chi connectivity index (χ2n) is 11.0. The zero-order chi connectivity index (χ0) is 21.7. The highest BCUT2D eigenvalue weighted by molar-refractivity contribution is 6.06. The van der Waals surface area contributed by atoms with E-state index < -0.39 is 0 Å². The van der Waals surface area contributed by atoms with Crippen LogP contribution in [0.1, 0.15) is 43.8 Å². The summed E-state index contributed by atoms with van der Waals surface area (Å²) in [5.74, 6) is 5.70. The van der Waals surface area contributed by atoms with Gasteiger partial charge in [-0.25, -0.2) is 4.98 Å². The molecule has 0 spiro atoms. The first-order valence-electron chi connectivity index (χ1n) is 12.6. The predicted octanol–water partition coefficient (Wildman–Crippen LogP) is 7.68. The van der Waals surface area contributed by atoms with E-state index in [9.17, 15) is 0 Å². The third kappa shape index (κ3) is 2.59. The molecule has 4 bridgehead atoms. The van der Waals surface area contributed by atoms with Gasteiger partial charge >= 0.3 is 0 Å². The number of furan rings is 1. The lowest BCUT2D eigenvalue weighted by molar-refractivity contribution is -0.00633. The Kier molecular flexibility index (Phi) is 3.62. The summed E-state index contributed by atoms with van der Waals surface area (Å²) in [7, 11) is 2.23. The zero-order valence-electron chi connectivity index (χ0n) is 19.0. The van der Waals surface area contributed by atoms with Crippen molar-refractivity contribution in [1.29, 1.82) is 0 Å². The molecule has 0 atom stereocenters. The number of aromatic nitrogens is 2. The van der Waals surface area contributed by atoms with Gasteiger partial charge < -0.3 is 8.98 Å². The highest BCUT2D eigenvalue weighted by atomic mass is 16.3. The molecule has 4 fully saturated rings. The minimum absolute atomic E-state index is 0.658.